The molecule has 4 heteroatoms. The molecule has 1 atom stereocenters. The second-order valence-electron chi connectivity index (χ2n) is 7.38. The van der Waals surface area contributed by atoms with E-state index in [0.717, 1.165) is 29.7 Å². The van der Waals surface area contributed by atoms with E-state index in [-0.39, 0.29) is 17.7 Å². The average Bonchev–Trinajstić information content (AvgIpc) is 3.31. The van der Waals surface area contributed by atoms with Crippen LogP contribution in [0.2, 0.25) is 0 Å². The Kier molecular flexibility index (Phi) is 4.31. The summed E-state index contributed by atoms with van der Waals surface area (Å²) in [7, 11) is 0. The summed E-state index contributed by atoms with van der Waals surface area (Å²) in [5, 5.41) is 2.80. The van der Waals surface area contributed by atoms with Gasteiger partial charge in [-0.3, -0.25) is 14.5 Å². The fraction of sp³-hybridized carbons (Fsp3) is 0.429. The first kappa shape index (κ1) is 17.5. The SMILES string of the molecule is C=C/C=C(\C1=C(C=C)N(C2CCC(=C)NC2=O)C(=O)C12CC2)C(C)C. The first-order valence-electron chi connectivity index (χ1n) is 8.90. The maximum absolute atomic E-state index is 13.3. The molecule has 2 aliphatic heterocycles. The highest BCUT2D eigenvalue weighted by atomic mass is 16.2. The molecule has 1 saturated carbocycles. The quantitative estimate of drug-likeness (QED) is 0.779. The zero-order valence-corrected chi connectivity index (χ0v) is 15.1. The summed E-state index contributed by atoms with van der Waals surface area (Å²) in [6, 6.07) is -0.488. The van der Waals surface area contributed by atoms with Crippen LogP contribution in [-0.2, 0) is 9.59 Å². The van der Waals surface area contributed by atoms with Crippen LogP contribution in [0.25, 0.3) is 0 Å². The van der Waals surface area contributed by atoms with Gasteiger partial charge in [-0.15, -0.1) is 0 Å². The highest BCUT2D eigenvalue weighted by molar-refractivity contribution is 6.00. The summed E-state index contributed by atoms with van der Waals surface area (Å²) in [5.74, 6) is 0.147. The summed E-state index contributed by atoms with van der Waals surface area (Å²) in [6.45, 7) is 15.8. The van der Waals surface area contributed by atoms with Gasteiger partial charge in [0.1, 0.15) is 6.04 Å². The van der Waals surface area contributed by atoms with Gasteiger partial charge in [0.05, 0.1) is 5.41 Å². The monoisotopic (exact) mass is 338 g/mol. The van der Waals surface area contributed by atoms with Crippen LogP contribution in [0.3, 0.4) is 0 Å². The van der Waals surface area contributed by atoms with Crippen molar-refractivity contribution < 1.29 is 9.59 Å². The number of allylic oxidation sites excluding steroid dienone is 5. The van der Waals surface area contributed by atoms with Crippen molar-refractivity contribution in [2.24, 2.45) is 11.3 Å². The Balaban J connectivity index is 2.11. The predicted octanol–water partition coefficient (Wildman–Crippen LogP) is 3.61. The largest absolute Gasteiger partial charge is 0.329 e. The van der Waals surface area contributed by atoms with E-state index in [2.05, 4.69) is 38.9 Å². The minimum Gasteiger partial charge on any atom is -0.329 e. The van der Waals surface area contributed by atoms with Crippen LogP contribution >= 0.6 is 0 Å². The van der Waals surface area contributed by atoms with Crippen molar-refractivity contribution in [2.75, 3.05) is 0 Å². The molecule has 3 aliphatic rings. The number of carbonyl (C=O) groups is 2. The molecule has 1 N–H and O–H groups in total. The number of nitrogens with zero attached hydrogens (tertiary/aromatic N) is 1. The third-order valence-corrected chi connectivity index (χ3v) is 5.41. The molecule has 4 nitrogen and oxygen atoms in total. The third kappa shape index (κ3) is 2.60. The Labute approximate surface area is 149 Å². The molecule has 0 aromatic heterocycles. The van der Waals surface area contributed by atoms with Gasteiger partial charge in [-0.2, -0.15) is 0 Å². The number of rotatable bonds is 5. The van der Waals surface area contributed by atoms with Crippen LogP contribution < -0.4 is 5.32 Å². The Morgan fingerprint density at radius 3 is 2.48 bits per heavy atom. The van der Waals surface area contributed by atoms with Gasteiger partial charge in [0, 0.05) is 11.4 Å². The van der Waals surface area contributed by atoms with Crippen molar-refractivity contribution in [3.8, 4) is 0 Å². The molecule has 0 aromatic rings. The molecule has 0 radical (unpaired) electrons. The molecule has 2 fully saturated rings. The molecule has 2 amide bonds. The van der Waals surface area contributed by atoms with E-state index in [1.165, 1.54) is 0 Å². The van der Waals surface area contributed by atoms with Gasteiger partial charge in [-0.05, 0) is 48.8 Å². The molecule has 1 aliphatic carbocycles. The van der Waals surface area contributed by atoms with Gasteiger partial charge < -0.3 is 5.32 Å². The summed E-state index contributed by atoms with van der Waals surface area (Å²) in [6.07, 6.45) is 8.43. The van der Waals surface area contributed by atoms with Crippen molar-refractivity contribution in [1.29, 1.82) is 0 Å². The zero-order chi connectivity index (χ0) is 18.4. The van der Waals surface area contributed by atoms with Crippen molar-refractivity contribution in [1.82, 2.24) is 10.2 Å². The average molecular weight is 338 g/mol. The fourth-order valence-electron chi connectivity index (χ4n) is 4.04. The molecule has 1 saturated heterocycles. The number of piperidine rings is 1. The first-order chi connectivity index (χ1) is 11.9. The summed E-state index contributed by atoms with van der Waals surface area (Å²) < 4.78 is 0. The molecule has 2 heterocycles. The molecule has 1 unspecified atom stereocenters. The summed E-state index contributed by atoms with van der Waals surface area (Å²) >= 11 is 0. The molecule has 3 rings (SSSR count). The Hall–Kier alpha value is -2.36. The van der Waals surface area contributed by atoms with E-state index in [4.69, 9.17) is 0 Å². The third-order valence-electron chi connectivity index (χ3n) is 5.41. The lowest BCUT2D eigenvalue weighted by molar-refractivity contribution is -0.140. The van der Waals surface area contributed by atoms with Gasteiger partial charge >= 0.3 is 0 Å². The fourth-order valence-corrected chi connectivity index (χ4v) is 4.04. The number of hydrogen-bond donors (Lipinski definition) is 1. The van der Waals surface area contributed by atoms with E-state index < -0.39 is 11.5 Å². The van der Waals surface area contributed by atoms with E-state index in [0.29, 0.717) is 18.5 Å². The van der Waals surface area contributed by atoms with E-state index >= 15 is 0 Å². The van der Waals surface area contributed by atoms with E-state index in [9.17, 15) is 9.59 Å². The van der Waals surface area contributed by atoms with Gasteiger partial charge in [-0.1, -0.05) is 45.7 Å². The minimum atomic E-state index is -0.488. The lowest BCUT2D eigenvalue weighted by Gasteiger charge is -2.32. The maximum atomic E-state index is 13.3. The van der Waals surface area contributed by atoms with Crippen LogP contribution in [-0.4, -0.2) is 22.8 Å². The van der Waals surface area contributed by atoms with Gasteiger partial charge in [0.2, 0.25) is 11.8 Å². The lowest BCUT2D eigenvalue weighted by Crippen LogP contribution is -2.50. The number of nitrogens with one attached hydrogen (secondary N) is 1. The van der Waals surface area contributed by atoms with Crippen LogP contribution in [0, 0.1) is 11.3 Å². The van der Waals surface area contributed by atoms with Crippen LogP contribution in [0.15, 0.2) is 60.5 Å². The Morgan fingerprint density at radius 1 is 1.32 bits per heavy atom. The van der Waals surface area contributed by atoms with Gasteiger partial charge in [-0.25, -0.2) is 0 Å². The molecular formula is C21H26N2O2. The summed E-state index contributed by atoms with van der Waals surface area (Å²) in [4.78, 5) is 27.5. The molecular weight excluding hydrogens is 312 g/mol. The first-order valence-corrected chi connectivity index (χ1v) is 8.90. The van der Waals surface area contributed by atoms with Crippen LogP contribution in [0.5, 0.6) is 0 Å². The Bertz CT molecular complexity index is 735. The van der Waals surface area contributed by atoms with Crippen molar-refractivity contribution in [2.45, 2.75) is 45.6 Å². The predicted molar refractivity (Wildman–Crippen MR) is 99.2 cm³/mol. The lowest BCUT2D eigenvalue weighted by atomic mass is 9.84. The number of amides is 2. The number of carbonyl (C=O) groups excluding carboxylic acids is 2. The highest BCUT2D eigenvalue weighted by Gasteiger charge is 2.62. The number of hydrogen-bond acceptors (Lipinski definition) is 2. The molecule has 25 heavy (non-hydrogen) atoms. The maximum Gasteiger partial charge on any atom is 0.247 e. The summed E-state index contributed by atoms with van der Waals surface area (Å²) in [5.41, 5.74) is 3.18. The Morgan fingerprint density at radius 2 is 2.00 bits per heavy atom. The minimum absolute atomic E-state index is 0.0423. The highest BCUT2D eigenvalue weighted by Crippen LogP contribution is 2.62. The molecule has 132 valence electrons. The van der Waals surface area contributed by atoms with Crippen molar-refractivity contribution >= 4 is 11.8 Å². The zero-order valence-electron chi connectivity index (χ0n) is 15.1. The second-order valence-corrected chi connectivity index (χ2v) is 7.38. The van der Waals surface area contributed by atoms with Gasteiger partial charge in [0.15, 0.2) is 0 Å². The topological polar surface area (TPSA) is 49.4 Å². The van der Waals surface area contributed by atoms with E-state index in [1.54, 1.807) is 17.1 Å². The normalized spacial score (nSPS) is 25.7. The molecule has 1 spiro atoms. The van der Waals surface area contributed by atoms with Crippen molar-refractivity contribution in [3.63, 3.8) is 0 Å². The molecule has 0 aromatic carbocycles. The van der Waals surface area contributed by atoms with Crippen LogP contribution in [0.1, 0.15) is 39.5 Å². The van der Waals surface area contributed by atoms with Crippen LogP contribution in [0.4, 0.5) is 0 Å². The standard InChI is InChI=1S/C21H26N2O2/c1-6-8-15(13(3)4)18-16(7-2)23(20(25)21(18)11-12-21)17-10-9-14(5)22-19(17)24/h6-8,13,17H,1-2,5,9-12H2,3-4H3,(H,22,24)/b15-8-. The van der Waals surface area contributed by atoms with Gasteiger partial charge in [0.25, 0.3) is 0 Å². The second kappa shape index (κ2) is 6.17. The van der Waals surface area contributed by atoms with Crippen molar-refractivity contribution in [3.05, 3.63) is 60.5 Å². The molecule has 0 bridgehead atoms. The van der Waals surface area contributed by atoms with E-state index in [1.807, 2.05) is 6.08 Å². The smallest absolute Gasteiger partial charge is 0.247 e.